The van der Waals surface area contributed by atoms with Gasteiger partial charge in [0, 0.05) is 0 Å². The van der Waals surface area contributed by atoms with Gasteiger partial charge in [-0.25, -0.2) is 0 Å². The van der Waals surface area contributed by atoms with E-state index < -0.39 is 0 Å². The zero-order chi connectivity index (χ0) is 27.2. The molecule has 0 saturated carbocycles. The molecule has 221 valence electrons. The molecule has 1 aromatic carbocycles. The predicted octanol–water partition coefficient (Wildman–Crippen LogP) is 13.5. The van der Waals surface area contributed by atoms with Crippen molar-refractivity contribution >= 4 is 0 Å². The van der Waals surface area contributed by atoms with Gasteiger partial charge in [0.15, 0.2) is 0 Å². The highest BCUT2D eigenvalue weighted by Crippen LogP contribution is 2.17. The lowest BCUT2D eigenvalue weighted by Gasteiger charge is -2.06. The van der Waals surface area contributed by atoms with E-state index in [4.69, 9.17) is 0 Å². The third kappa shape index (κ3) is 24.3. The molecule has 0 heterocycles. The average molecular weight is 526 g/mol. The van der Waals surface area contributed by atoms with Crippen molar-refractivity contribution in [3.8, 4) is 0 Å². The highest BCUT2D eigenvalue weighted by atomic mass is 14.1. The maximum Gasteiger partial charge on any atom is -0.0178 e. The normalized spacial score (nSPS) is 11.4. The lowest BCUT2D eigenvalue weighted by Crippen LogP contribution is -1.91. The van der Waals surface area contributed by atoms with Crippen LogP contribution in [0.4, 0.5) is 0 Å². The van der Waals surface area contributed by atoms with Crippen molar-refractivity contribution in [2.75, 3.05) is 0 Å². The zero-order valence-electron chi connectivity index (χ0n) is 26.4. The van der Waals surface area contributed by atoms with Crippen LogP contribution in [0.3, 0.4) is 0 Å². The summed E-state index contributed by atoms with van der Waals surface area (Å²) in [6, 6.07) is 10.4. The van der Waals surface area contributed by atoms with E-state index in [2.05, 4.69) is 38.1 Å². The Labute approximate surface area is 241 Å². The number of rotatable bonds is 30. The minimum atomic E-state index is 1.25. The van der Waals surface area contributed by atoms with Crippen molar-refractivity contribution in [2.45, 2.75) is 206 Å². The standard InChI is InChI=1S/C38H69/c1-3-5-7-9-11-13-15-17-19-21-23-25-27-29-32-37-34-31-35-38(36-37)33-30-28-26-24-22-20-18-16-14-12-10-8-6-4-2/h34-36H,3-30,32-33H2,1-2H3. The number of hydrogen-bond donors (Lipinski definition) is 0. The summed E-state index contributed by atoms with van der Waals surface area (Å²) in [5.41, 5.74) is 3.04. The Kier molecular flexibility index (Phi) is 27.1. The molecule has 0 aliphatic heterocycles. The van der Waals surface area contributed by atoms with Gasteiger partial charge in [0.05, 0.1) is 0 Å². The molecule has 0 spiro atoms. The van der Waals surface area contributed by atoms with Crippen molar-refractivity contribution in [1.29, 1.82) is 0 Å². The molecule has 0 amide bonds. The lowest BCUT2D eigenvalue weighted by molar-refractivity contribution is 0.535. The topological polar surface area (TPSA) is 0 Å². The van der Waals surface area contributed by atoms with Crippen LogP contribution in [0, 0.1) is 6.07 Å². The van der Waals surface area contributed by atoms with Gasteiger partial charge < -0.3 is 0 Å². The molecule has 0 aliphatic rings. The van der Waals surface area contributed by atoms with Crippen molar-refractivity contribution in [3.63, 3.8) is 0 Å². The van der Waals surface area contributed by atoms with Crippen LogP contribution in [0.15, 0.2) is 18.2 Å². The minimum absolute atomic E-state index is 1.25. The molecule has 1 rings (SSSR count). The van der Waals surface area contributed by atoms with Gasteiger partial charge in [-0.15, -0.1) is 0 Å². The van der Waals surface area contributed by atoms with E-state index in [1.807, 2.05) is 0 Å². The fourth-order valence-corrected chi connectivity index (χ4v) is 5.91. The van der Waals surface area contributed by atoms with E-state index in [0.29, 0.717) is 0 Å². The molecule has 38 heavy (non-hydrogen) atoms. The summed E-state index contributed by atoms with van der Waals surface area (Å²) >= 11 is 0. The summed E-state index contributed by atoms with van der Waals surface area (Å²) in [4.78, 5) is 0. The highest BCUT2D eigenvalue weighted by molar-refractivity contribution is 5.22. The summed E-state index contributed by atoms with van der Waals surface area (Å²) in [6.07, 6.45) is 42.8. The molecule has 0 atom stereocenters. The van der Waals surface area contributed by atoms with Crippen molar-refractivity contribution in [3.05, 3.63) is 35.4 Å². The molecule has 1 radical (unpaired) electrons. The molecule has 0 unspecified atom stereocenters. The van der Waals surface area contributed by atoms with Gasteiger partial charge in [0.1, 0.15) is 0 Å². The molecule has 0 bridgehead atoms. The van der Waals surface area contributed by atoms with Gasteiger partial charge in [-0.1, -0.05) is 199 Å². The van der Waals surface area contributed by atoms with Gasteiger partial charge in [-0.3, -0.25) is 0 Å². The third-order valence-corrected chi connectivity index (χ3v) is 8.55. The summed E-state index contributed by atoms with van der Waals surface area (Å²) in [5, 5.41) is 0. The van der Waals surface area contributed by atoms with Gasteiger partial charge in [0.2, 0.25) is 0 Å². The Morgan fingerprint density at radius 2 is 0.579 bits per heavy atom. The Hall–Kier alpha value is -0.780. The maximum absolute atomic E-state index is 3.43. The maximum atomic E-state index is 3.43. The Morgan fingerprint density at radius 1 is 0.342 bits per heavy atom. The van der Waals surface area contributed by atoms with Crippen LogP contribution >= 0.6 is 0 Å². The van der Waals surface area contributed by atoms with Gasteiger partial charge in [-0.2, -0.15) is 0 Å². The van der Waals surface area contributed by atoms with Crippen molar-refractivity contribution in [1.82, 2.24) is 0 Å². The van der Waals surface area contributed by atoms with E-state index in [9.17, 15) is 0 Å². The SMILES string of the molecule is CCCCCCCCCCCCCCCCc1c[c]cc(CCCCCCCCCCCCCCCC)c1. The largest absolute Gasteiger partial charge is 0.0654 e. The van der Waals surface area contributed by atoms with Crippen LogP contribution in [0.5, 0.6) is 0 Å². The molecule has 0 heteroatoms. The van der Waals surface area contributed by atoms with Crippen molar-refractivity contribution < 1.29 is 0 Å². The van der Waals surface area contributed by atoms with Crippen LogP contribution in [-0.4, -0.2) is 0 Å². The Morgan fingerprint density at radius 3 is 0.842 bits per heavy atom. The molecule has 1 aromatic rings. The molecular formula is C38H69. The van der Waals surface area contributed by atoms with Gasteiger partial charge in [-0.05, 0) is 42.9 Å². The van der Waals surface area contributed by atoms with E-state index in [1.54, 1.807) is 0 Å². The summed E-state index contributed by atoms with van der Waals surface area (Å²) in [5.74, 6) is 0. The van der Waals surface area contributed by atoms with E-state index in [0.717, 1.165) is 0 Å². The average Bonchev–Trinajstić information content (AvgIpc) is 2.93. The predicted molar refractivity (Wildman–Crippen MR) is 173 cm³/mol. The second kappa shape index (κ2) is 29.2. The number of unbranched alkanes of at least 4 members (excludes halogenated alkanes) is 26. The lowest BCUT2D eigenvalue weighted by atomic mass is 9.99. The number of aryl methyl sites for hydroxylation is 2. The first kappa shape index (κ1) is 35.2. The minimum Gasteiger partial charge on any atom is -0.0654 e. The smallest absolute Gasteiger partial charge is 0.0178 e. The first-order valence-electron chi connectivity index (χ1n) is 17.9. The fourth-order valence-electron chi connectivity index (χ4n) is 5.91. The van der Waals surface area contributed by atoms with Crippen LogP contribution < -0.4 is 0 Å². The summed E-state index contributed by atoms with van der Waals surface area (Å²) in [7, 11) is 0. The first-order valence-corrected chi connectivity index (χ1v) is 17.9. The second-order valence-corrected chi connectivity index (χ2v) is 12.4. The van der Waals surface area contributed by atoms with Crippen LogP contribution in [0.25, 0.3) is 0 Å². The third-order valence-electron chi connectivity index (χ3n) is 8.55. The van der Waals surface area contributed by atoms with Crippen molar-refractivity contribution in [2.24, 2.45) is 0 Å². The Bertz CT molecular complexity index is 526. The van der Waals surface area contributed by atoms with Crippen LogP contribution in [0.2, 0.25) is 0 Å². The molecule has 0 aliphatic carbocycles. The molecule has 0 fully saturated rings. The fraction of sp³-hybridized carbons (Fsp3) is 0.842. The van der Waals surface area contributed by atoms with Crippen LogP contribution in [0.1, 0.15) is 205 Å². The number of benzene rings is 1. The quantitative estimate of drug-likeness (QED) is 0.0876. The van der Waals surface area contributed by atoms with Crippen LogP contribution in [-0.2, 0) is 12.8 Å². The zero-order valence-corrected chi connectivity index (χ0v) is 26.4. The van der Waals surface area contributed by atoms with E-state index >= 15 is 0 Å². The van der Waals surface area contributed by atoms with Gasteiger partial charge >= 0.3 is 0 Å². The van der Waals surface area contributed by atoms with Gasteiger partial charge in [0.25, 0.3) is 0 Å². The first-order chi connectivity index (χ1) is 18.9. The highest BCUT2D eigenvalue weighted by Gasteiger charge is 2.00. The molecule has 0 nitrogen and oxygen atoms in total. The molecule has 0 aromatic heterocycles. The van der Waals surface area contributed by atoms with E-state index in [1.165, 1.54) is 204 Å². The van der Waals surface area contributed by atoms with E-state index in [-0.39, 0.29) is 0 Å². The second-order valence-electron chi connectivity index (χ2n) is 12.4. The summed E-state index contributed by atoms with van der Waals surface area (Å²) in [6.45, 7) is 4.61. The Balaban J connectivity index is 1.88. The number of hydrogen-bond acceptors (Lipinski definition) is 0. The molecule has 0 N–H and O–H groups in total. The summed E-state index contributed by atoms with van der Waals surface area (Å²) < 4.78 is 0. The molecular weight excluding hydrogens is 456 g/mol. The molecule has 0 saturated heterocycles. The monoisotopic (exact) mass is 526 g/mol.